The molecule has 4 rings (SSSR count). The monoisotopic (exact) mass is 334 g/mol. The lowest BCUT2D eigenvalue weighted by Gasteiger charge is -2.07. The first kappa shape index (κ1) is 14.8. The van der Waals surface area contributed by atoms with Crippen molar-refractivity contribution >= 4 is 22.6 Å². The number of nitrogens with one attached hydrogen (secondary N) is 1. The number of ether oxygens (including phenoxy) is 1. The van der Waals surface area contributed by atoms with Gasteiger partial charge in [0.25, 0.3) is 0 Å². The van der Waals surface area contributed by atoms with Crippen molar-refractivity contribution in [3.63, 3.8) is 0 Å². The van der Waals surface area contributed by atoms with Crippen LogP contribution in [0.5, 0.6) is 5.75 Å². The van der Waals surface area contributed by atoms with E-state index in [9.17, 15) is 0 Å². The van der Waals surface area contributed by atoms with Crippen LogP contribution in [0.4, 0.5) is 0 Å². The first-order chi connectivity index (χ1) is 11.8. The van der Waals surface area contributed by atoms with Gasteiger partial charge in [0.1, 0.15) is 5.75 Å². The standard InChI is InChI=1S/C20H15ClN2O/c1-24-16-10-6-14(7-11-16)19-18(13-4-8-15(21)9-5-13)20-17(23-19)3-2-12-22-20/h2-12,23H,1H3. The van der Waals surface area contributed by atoms with Gasteiger partial charge in [-0.1, -0.05) is 23.7 Å². The van der Waals surface area contributed by atoms with Crippen LogP contribution in [-0.2, 0) is 0 Å². The van der Waals surface area contributed by atoms with Crippen LogP contribution < -0.4 is 4.74 Å². The average molecular weight is 335 g/mol. The molecule has 0 bridgehead atoms. The lowest BCUT2D eigenvalue weighted by Crippen LogP contribution is -1.85. The molecule has 0 atom stereocenters. The zero-order valence-electron chi connectivity index (χ0n) is 13.1. The van der Waals surface area contributed by atoms with E-state index in [-0.39, 0.29) is 0 Å². The summed E-state index contributed by atoms with van der Waals surface area (Å²) in [5.41, 5.74) is 6.23. The van der Waals surface area contributed by atoms with E-state index in [1.54, 1.807) is 7.11 Å². The second kappa shape index (κ2) is 6.02. The Labute approximate surface area is 144 Å². The van der Waals surface area contributed by atoms with Crippen LogP contribution in [0.2, 0.25) is 5.02 Å². The number of fused-ring (bicyclic) bond motifs is 1. The minimum absolute atomic E-state index is 0.720. The second-order valence-electron chi connectivity index (χ2n) is 5.51. The molecular formula is C20H15ClN2O. The first-order valence-electron chi connectivity index (χ1n) is 7.63. The summed E-state index contributed by atoms with van der Waals surface area (Å²) in [5.74, 6) is 0.834. The average Bonchev–Trinajstić information content (AvgIpc) is 3.02. The summed E-state index contributed by atoms with van der Waals surface area (Å²) in [5, 5.41) is 0.720. The Kier molecular flexibility index (Phi) is 3.71. The van der Waals surface area contributed by atoms with Crippen molar-refractivity contribution in [1.82, 2.24) is 9.97 Å². The van der Waals surface area contributed by atoms with Gasteiger partial charge in [-0.25, -0.2) is 0 Å². The molecule has 24 heavy (non-hydrogen) atoms. The van der Waals surface area contributed by atoms with Crippen molar-refractivity contribution in [3.8, 4) is 28.1 Å². The minimum Gasteiger partial charge on any atom is -0.497 e. The fraction of sp³-hybridized carbons (Fsp3) is 0.0500. The van der Waals surface area contributed by atoms with E-state index in [2.05, 4.69) is 9.97 Å². The molecule has 0 saturated heterocycles. The third-order valence-electron chi connectivity index (χ3n) is 4.07. The molecule has 4 heteroatoms. The van der Waals surface area contributed by atoms with Crippen LogP contribution in [0.1, 0.15) is 0 Å². The summed E-state index contributed by atoms with van der Waals surface area (Å²) in [4.78, 5) is 8.07. The van der Waals surface area contributed by atoms with Gasteiger partial charge in [0.2, 0.25) is 0 Å². The quantitative estimate of drug-likeness (QED) is 0.532. The molecule has 2 aromatic heterocycles. The van der Waals surface area contributed by atoms with E-state index in [1.807, 2.05) is 66.9 Å². The lowest BCUT2D eigenvalue weighted by atomic mass is 10.0. The van der Waals surface area contributed by atoms with E-state index in [1.165, 1.54) is 0 Å². The van der Waals surface area contributed by atoms with Gasteiger partial charge in [-0.2, -0.15) is 0 Å². The largest absolute Gasteiger partial charge is 0.497 e. The first-order valence-corrected chi connectivity index (χ1v) is 8.01. The minimum atomic E-state index is 0.720. The lowest BCUT2D eigenvalue weighted by molar-refractivity contribution is 0.415. The van der Waals surface area contributed by atoms with Gasteiger partial charge in [-0.05, 0) is 59.7 Å². The molecular weight excluding hydrogens is 320 g/mol. The Morgan fingerprint density at radius 2 is 1.62 bits per heavy atom. The molecule has 3 nitrogen and oxygen atoms in total. The van der Waals surface area contributed by atoms with E-state index < -0.39 is 0 Å². The molecule has 0 amide bonds. The molecule has 0 saturated carbocycles. The number of benzene rings is 2. The summed E-state index contributed by atoms with van der Waals surface area (Å²) in [6.07, 6.45) is 1.81. The molecule has 0 unspecified atom stereocenters. The van der Waals surface area contributed by atoms with Crippen LogP contribution in [0.25, 0.3) is 33.4 Å². The second-order valence-corrected chi connectivity index (χ2v) is 5.95. The smallest absolute Gasteiger partial charge is 0.118 e. The third kappa shape index (κ3) is 2.53. The van der Waals surface area contributed by atoms with Crippen LogP contribution in [-0.4, -0.2) is 17.1 Å². The molecule has 0 fully saturated rings. The number of aromatic amines is 1. The molecule has 118 valence electrons. The number of nitrogens with zero attached hydrogens (tertiary/aromatic N) is 1. The zero-order chi connectivity index (χ0) is 16.5. The summed E-state index contributed by atoms with van der Waals surface area (Å²) in [7, 11) is 1.67. The highest BCUT2D eigenvalue weighted by Crippen LogP contribution is 2.38. The number of H-pyrrole nitrogens is 1. The fourth-order valence-electron chi connectivity index (χ4n) is 2.89. The van der Waals surface area contributed by atoms with E-state index >= 15 is 0 Å². The summed E-state index contributed by atoms with van der Waals surface area (Å²) in [6, 6.07) is 19.8. The molecule has 1 N–H and O–H groups in total. The number of methoxy groups -OCH3 is 1. The van der Waals surface area contributed by atoms with Crippen molar-refractivity contribution in [2.75, 3.05) is 7.11 Å². The Morgan fingerprint density at radius 1 is 0.917 bits per heavy atom. The van der Waals surface area contributed by atoms with Crippen LogP contribution in [0, 0.1) is 0 Å². The predicted octanol–water partition coefficient (Wildman–Crippen LogP) is 5.56. The van der Waals surface area contributed by atoms with Crippen molar-refractivity contribution < 1.29 is 4.74 Å². The van der Waals surface area contributed by atoms with Crippen molar-refractivity contribution in [3.05, 3.63) is 71.9 Å². The highest BCUT2D eigenvalue weighted by molar-refractivity contribution is 6.30. The third-order valence-corrected chi connectivity index (χ3v) is 4.32. The predicted molar refractivity (Wildman–Crippen MR) is 98.5 cm³/mol. The normalized spacial score (nSPS) is 10.9. The topological polar surface area (TPSA) is 37.9 Å². The number of halogens is 1. The van der Waals surface area contributed by atoms with Crippen molar-refractivity contribution in [1.29, 1.82) is 0 Å². The zero-order valence-corrected chi connectivity index (χ0v) is 13.8. The van der Waals surface area contributed by atoms with Gasteiger partial charge in [0, 0.05) is 16.8 Å². The highest BCUT2D eigenvalue weighted by Gasteiger charge is 2.16. The highest BCUT2D eigenvalue weighted by atomic mass is 35.5. The fourth-order valence-corrected chi connectivity index (χ4v) is 3.02. The Balaban J connectivity index is 1.97. The molecule has 0 aliphatic rings. The molecule has 2 heterocycles. The van der Waals surface area contributed by atoms with Crippen LogP contribution in [0.3, 0.4) is 0 Å². The number of pyridine rings is 1. The van der Waals surface area contributed by atoms with Crippen LogP contribution in [0.15, 0.2) is 66.9 Å². The number of hydrogen-bond donors (Lipinski definition) is 1. The summed E-state index contributed by atoms with van der Waals surface area (Å²) in [6.45, 7) is 0. The summed E-state index contributed by atoms with van der Waals surface area (Å²) >= 11 is 6.04. The van der Waals surface area contributed by atoms with Gasteiger partial charge >= 0.3 is 0 Å². The maximum absolute atomic E-state index is 6.04. The number of hydrogen-bond acceptors (Lipinski definition) is 2. The van der Waals surface area contributed by atoms with Gasteiger partial charge in [0.05, 0.1) is 23.8 Å². The Bertz CT molecular complexity index is 989. The number of aromatic nitrogens is 2. The van der Waals surface area contributed by atoms with E-state index in [4.69, 9.17) is 16.3 Å². The van der Waals surface area contributed by atoms with E-state index in [0.29, 0.717) is 0 Å². The molecule has 0 radical (unpaired) electrons. The maximum Gasteiger partial charge on any atom is 0.118 e. The Hall–Kier alpha value is -2.78. The molecule has 0 spiro atoms. The molecule has 0 aliphatic carbocycles. The van der Waals surface area contributed by atoms with Gasteiger partial charge < -0.3 is 9.72 Å². The summed E-state index contributed by atoms with van der Waals surface area (Å²) < 4.78 is 5.25. The SMILES string of the molecule is COc1ccc(-c2[nH]c3cccnc3c2-c2ccc(Cl)cc2)cc1. The van der Waals surface area contributed by atoms with Crippen molar-refractivity contribution in [2.45, 2.75) is 0 Å². The van der Waals surface area contributed by atoms with Crippen LogP contribution >= 0.6 is 11.6 Å². The molecule has 4 aromatic rings. The molecule has 0 aliphatic heterocycles. The van der Waals surface area contributed by atoms with Gasteiger partial charge in [-0.3, -0.25) is 4.98 Å². The maximum atomic E-state index is 6.04. The van der Waals surface area contributed by atoms with Gasteiger partial charge in [-0.15, -0.1) is 0 Å². The van der Waals surface area contributed by atoms with Crippen molar-refractivity contribution in [2.24, 2.45) is 0 Å². The van der Waals surface area contributed by atoms with Gasteiger partial charge in [0.15, 0.2) is 0 Å². The number of rotatable bonds is 3. The molecule has 2 aromatic carbocycles. The Morgan fingerprint density at radius 3 is 2.33 bits per heavy atom. The van der Waals surface area contributed by atoms with E-state index in [0.717, 1.165) is 44.2 Å².